The molecule has 0 heterocycles. The number of hydrogen-bond donors (Lipinski definition) is 1. The van der Waals surface area contributed by atoms with Crippen molar-refractivity contribution in [3.8, 4) is 0 Å². The second-order valence-electron chi connectivity index (χ2n) is 12.0. The number of ketones is 1. The van der Waals surface area contributed by atoms with Gasteiger partial charge in [0.15, 0.2) is 0 Å². The van der Waals surface area contributed by atoms with E-state index in [-0.39, 0.29) is 65.1 Å². The number of aliphatic hydroxyl groups excluding tert-OH is 1. The van der Waals surface area contributed by atoms with Gasteiger partial charge in [0.25, 0.3) is 0 Å². The van der Waals surface area contributed by atoms with Crippen molar-refractivity contribution in [1.82, 2.24) is 0 Å². The first-order valence-corrected chi connectivity index (χ1v) is 13.0. The van der Waals surface area contributed by atoms with Gasteiger partial charge >= 0.3 is 11.9 Å². The number of fused-ring (bicyclic) bond motifs is 5. The van der Waals surface area contributed by atoms with Crippen molar-refractivity contribution in [2.24, 2.45) is 46.3 Å². The van der Waals surface area contributed by atoms with Crippen LogP contribution in [0.4, 0.5) is 0 Å². The average molecular weight is 463 g/mol. The summed E-state index contributed by atoms with van der Waals surface area (Å²) in [6, 6.07) is 0. The lowest BCUT2D eigenvalue weighted by Crippen LogP contribution is -2.61. The highest BCUT2D eigenvalue weighted by atomic mass is 16.5. The number of esters is 2. The van der Waals surface area contributed by atoms with Crippen LogP contribution in [-0.4, -0.2) is 42.1 Å². The minimum Gasteiger partial charge on any atom is -0.469 e. The van der Waals surface area contributed by atoms with Crippen LogP contribution in [0.2, 0.25) is 0 Å². The maximum absolute atomic E-state index is 13.9. The summed E-state index contributed by atoms with van der Waals surface area (Å²) in [4.78, 5) is 37.7. The molecule has 6 heteroatoms. The van der Waals surface area contributed by atoms with Crippen LogP contribution >= 0.6 is 0 Å². The number of aliphatic hydroxyl groups is 1. The summed E-state index contributed by atoms with van der Waals surface area (Å²) in [6.45, 7) is 8.14. The van der Waals surface area contributed by atoms with Crippen molar-refractivity contribution in [3.63, 3.8) is 0 Å². The van der Waals surface area contributed by atoms with Gasteiger partial charge in [0.1, 0.15) is 11.9 Å². The van der Waals surface area contributed by atoms with Crippen LogP contribution in [0.3, 0.4) is 0 Å². The Morgan fingerprint density at radius 2 is 1.88 bits per heavy atom. The van der Waals surface area contributed by atoms with Crippen LogP contribution in [0.25, 0.3) is 0 Å². The number of rotatable bonds is 5. The van der Waals surface area contributed by atoms with Gasteiger partial charge in [-0.1, -0.05) is 20.8 Å². The Bertz CT molecular complexity index is 793. The Labute approximate surface area is 198 Å². The maximum atomic E-state index is 13.9. The number of carbonyl (C=O) groups is 3. The van der Waals surface area contributed by atoms with Crippen molar-refractivity contribution < 1.29 is 29.0 Å². The van der Waals surface area contributed by atoms with Crippen LogP contribution in [-0.2, 0) is 23.9 Å². The number of methoxy groups -OCH3 is 1. The molecule has 4 rings (SSSR count). The molecule has 4 aliphatic rings. The summed E-state index contributed by atoms with van der Waals surface area (Å²) >= 11 is 0. The fraction of sp³-hybridized carbons (Fsp3) is 0.889. The molecule has 0 saturated heterocycles. The predicted molar refractivity (Wildman–Crippen MR) is 123 cm³/mol. The Morgan fingerprint density at radius 1 is 1.15 bits per heavy atom. The lowest BCUT2D eigenvalue weighted by molar-refractivity contribution is -0.194. The van der Waals surface area contributed by atoms with E-state index >= 15 is 0 Å². The molecule has 0 bridgehead atoms. The molecule has 0 aromatic rings. The summed E-state index contributed by atoms with van der Waals surface area (Å²) in [5.41, 5.74) is -0.432. The third-order valence-corrected chi connectivity index (χ3v) is 10.6. The second-order valence-corrected chi connectivity index (χ2v) is 12.0. The maximum Gasteiger partial charge on any atom is 0.305 e. The van der Waals surface area contributed by atoms with Crippen LogP contribution in [0.15, 0.2) is 0 Å². The van der Waals surface area contributed by atoms with Crippen molar-refractivity contribution >= 4 is 17.7 Å². The van der Waals surface area contributed by atoms with E-state index in [0.29, 0.717) is 18.6 Å². The Balaban J connectivity index is 1.65. The van der Waals surface area contributed by atoms with Crippen LogP contribution in [0, 0.1) is 46.3 Å². The van der Waals surface area contributed by atoms with Crippen molar-refractivity contribution in [2.45, 2.75) is 97.7 Å². The van der Waals surface area contributed by atoms with E-state index in [1.165, 1.54) is 14.0 Å². The van der Waals surface area contributed by atoms with Gasteiger partial charge < -0.3 is 14.6 Å². The van der Waals surface area contributed by atoms with Gasteiger partial charge in [-0.15, -0.1) is 0 Å². The monoisotopic (exact) mass is 462 g/mol. The van der Waals surface area contributed by atoms with E-state index in [1.807, 2.05) is 0 Å². The van der Waals surface area contributed by atoms with E-state index < -0.39 is 5.41 Å². The fourth-order valence-corrected chi connectivity index (χ4v) is 8.82. The van der Waals surface area contributed by atoms with Gasteiger partial charge in [0, 0.05) is 31.1 Å². The molecule has 0 unspecified atom stereocenters. The molecule has 0 aromatic carbocycles. The summed E-state index contributed by atoms with van der Waals surface area (Å²) in [7, 11) is 1.42. The molecular formula is C27H42O6. The molecule has 10 atom stereocenters. The Hall–Kier alpha value is -1.43. The molecule has 33 heavy (non-hydrogen) atoms. The zero-order valence-electron chi connectivity index (χ0n) is 21.0. The summed E-state index contributed by atoms with van der Waals surface area (Å²) in [5, 5.41) is 10.4. The van der Waals surface area contributed by atoms with Crippen molar-refractivity contribution in [1.29, 1.82) is 0 Å². The SMILES string of the molecule is COC(=O)CC[C@H](C)[C@H]1CC[C@H]2[C@@H]3[C@@H](OC(C)=O)C[C@H]4C[C@@H](O)CC[C@]4(C)[C@H]3CC(=O)[C@]12C. The molecule has 6 nitrogen and oxygen atoms in total. The van der Waals surface area contributed by atoms with Gasteiger partial charge in [-0.05, 0) is 80.0 Å². The van der Waals surface area contributed by atoms with Crippen LogP contribution in [0.1, 0.15) is 85.5 Å². The lowest BCUT2D eigenvalue weighted by Gasteiger charge is -2.62. The van der Waals surface area contributed by atoms with Crippen LogP contribution < -0.4 is 0 Å². The number of hydrogen-bond acceptors (Lipinski definition) is 6. The van der Waals surface area contributed by atoms with E-state index in [4.69, 9.17) is 9.47 Å². The third-order valence-electron chi connectivity index (χ3n) is 10.6. The first kappa shape index (κ1) is 24.7. The van der Waals surface area contributed by atoms with Crippen molar-refractivity contribution in [3.05, 3.63) is 0 Å². The molecule has 0 aliphatic heterocycles. The van der Waals surface area contributed by atoms with Gasteiger partial charge in [-0.3, -0.25) is 14.4 Å². The van der Waals surface area contributed by atoms with Crippen LogP contribution in [0.5, 0.6) is 0 Å². The normalized spacial score (nSPS) is 45.4. The number of Topliss-reactive ketones (excluding diaryl/α,β-unsaturated/α-hetero) is 1. The zero-order chi connectivity index (χ0) is 24.1. The highest BCUT2D eigenvalue weighted by Crippen LogP contribution is 2.67. The largest absolute Gasteiger partial charge is 0.469 e. The fourth-order valence-electron chi connectivity index (χ4n) is 8.82. The molecule has 0 spiro atoms. The summed E-state index contributed by atoms with van der Waals surface area (Å²) in [6.07, 6.45) is 6.37. The van der Waals surface area contributed by atoms with Gasteiger partial charge in [-0.25, -0.2) is 0 Å². The number of ether oxygens (including phenoxy) is 2. The zero-order valence-corrected chi connectivity index (χ0v) is 21.0. The van der Waals surface area contributed by atoms with E-state index in [2.05, 4.69) is 20.8 Å². The third kappa shape index (κ3) is 4.04. The topological polar surface area (TPSA) is 89.9 Å². The first-order valence-electron chi connectivity index (χ1n) is 13.0. The molecule has 4 fully saturated rings. The summed E-state index contributed by atoms with van der Waals surface area (Å²) in [5.74, 6) is 1.25. The van der Waals surface area contributed by atoms with Gasteiger partial charge in [0.2, 0.25) is 0 Å². The lowest BCUT2D eigenvalue weighted by atomic mass is 9.43. The molecule has 0 amide bonds. The van der Waals surface area contributed by atoms with E-state index in [0.717, 1.165) is 44.9 Å². The van der Waals surface area contributed by atoms with E-state index in [9.17, 15) is 19.5 Å². The molecule has 4 aliphatic carbocycles. The molecular weight excluding hydrogens is 420 g/mol. The van der Waals surface area contributed by atoms with Crippen molar-refractivity contribution in [2.75, 3.05) is 7.11 Å². The Morgan fingerprint density at radius 3 is 2.55 bits per heavy atom. The summed E-state index contributed by atoms with van der Waals surface area (Å²) < 4.78 is 10.8. The molecule has 186 valence electrons. The number of carbonyl (C=O) groups excluding carboxylic acids is 3. The second kappa shape index (κ2) is 8.98. The smallest absolute Gasteiger partial charge is 0.305 e. The molecule has 4 saturated carbocycles. The molecule has 0 aromatic heterocycles. The predicted octanol–water partition coefficient (Wildman–Crippen LogP) is 4.32. The van der Waals surface area contributed by atoms with Gasteiger partial charge in [-0.2, -0.15) is 0 Å². The van der Waals surface area contributed by atoms with Gasteiger partial charge in [0.05, 0.1) is 13.2 Å². The first-order chi connectivity index (χ1) is 15.5. The highest BCUT2D eigenvalue weighted by molar-refractivity contribution is 5.87. The molecule has 1 N–H and O–H groups in total. The minimum absolute atomic E-state index is 0.00607. The Kier molecular flexibility index (Phi) is 6.71. The minimum atomic E-state index is -0.438. The quantitative estimate of drug-likeness (QED) is 0.612. The molecule has 0 radical (unpaired) electrons. The average Bonchev–Trinajstić information content (AvgIpc) is 3.11. The standard InChI is InChI=1S/C27H42O6/c1-15(6-9-24(31)32-5)19-7-8-20-25-21(14-23(30)27(19,20)4)26(3)11-10-18(29)12-17(26)13-22(25)33-16(2)28/h15,17-22,25,29H,6-14H2,1-5H3/t15-,17+,18-,19+,20-,21-,22-,25-,26-,27+/m0/s1. The highest BCUT2D eigenvalue weighted by Gasteiger charge is 2.66. The van der Waals surface area contributed by atoms with E-state index in [1.54, 1.807) is 0 Å².